The molecule has 0 saturated carbocycles. The van der Waals surface area contributed by atoms with Crippen molar-refractivity contribution >= 4 is 0 Å². The maximum absolute atomic E-state index is 11.6. The lowest BCUT2D eigenvalue weighted by Crippen LogP contribution is -2.11. The first-order valence-corrected chi connectivity index (χ1v) is 3.34. The number of ether oxygens (including phenoxy) is 1. The number of nitrogens with one attached hydrogen (secondary N) is 1. The number of alkyl halides is 3. The van der Waals surface area contributed by atoms with Gasteiger partial charge in [-0.25, -0.2) is 0 Å². The fourth-order valence-corrected chi connectivity index (χ4v) is 0.460. The number of rotatable bonds is 4. The second-order valence-corrected chi connectivity index (χ2v) is 2.12. The molecule has 0 aromatic heterocycles. The van der Waals surface area contributed by atoms with Gasteiger partial charge in [-0.05, 0) is 12.2 Å². The summed E-state index contributed by atoms with van der Waals surface area (Å²) >= 11 is 0. The van der Waals surface area contributed by atoms with Crippen LogP contribution >= 0.6 is 0 Å². The van der Waals surface area contributed by atoms with Gasteiger partial charge in [-0.3, -0.25) is 0 Å². The summed E-state index contributed by atoms with van der Waals surface area (Å²) in [5.41, 5.74) is 0.465. The lowest BCUT2D eigenvalue weighted by molar-refractivity contribution is -0.303. The summed E-state index contributed by atoms with van der Waals surface area (Å²) in [5.74, 6) is -0.482. The van der Waals surface area contributed by atoms with Crippen molar-refractivity contribution in [2.45, 2.75) is 6.36 Å². The first kappa shape index (κ1) is 11.6. The molecule has 13 heavy (non-hydrogen) atoms. The first-order chi connectivity index (χ1) is 5.85. The van der Waals surface area contributed by atoms with E-state index in [1.807, 2.05) is 0 Å². The summed E-state index contributed by atoms with van der Waals surface area (Å²) in [6.45, 7) is 6.51. The van der Waals surface area contributed by atoms with Crippen LogP contribution in [0.1, 0.15) is 0 Å². The van der Waals surface area contributed by atoms with Crippen molar-refractivity contribution in [3.8, 4) is 0 Å². The summed E-state index contributed by atoms with van der Waals surface area (Å²) in [7, 11) is 1.60. The summed E-state index contributed by atoms with van der Waals surface area (Å²) < 4.78 is 38.2. The highest BCUT2D eigenvalue weighted by Gasteiger charge is 2.30. The van der Waals surface area contributed by atoms with Crippen molar-refractivity contribution < 1.29 is 17.9 Å². The Balaban J connectivity index is 4.02. The summed E-state index contributed by atoms with van der Waals surface area (Å²) in [5, 5.41) is 2.62. The van der Waals surface area contributed by atoms with Crippen LogP contribution < -0.4 is 5.32 Å². The number of allylic oxidation sites excluding steroid dienone is 2. The molecule has 0 rings (SSSR count). The van der Waals surface area contributed by atoms with E-state index < -0.39 is 12.1 Å². The summed E-state index contributed by atoms with van der Waals surface area (Å²) in [6.07, 6.45) is -2.29. The van der Waals surface area contributed by atoms with Gasteiger partial charge in [-0.15, -0.1) is 13.2 Å². The zero-order valence-corrected chi connectivity index (χ0v) is 7.11. The molecule has 5 heteroatoms. The molecular weight excluding hydrogens is 183 g/mol. The quantitative estimate of drug-likeness (QED) is 0.546. The number of halogens is 3. The Morgan fingerprint density at radius 1 is 1.31 bits per heavy atom. The SMILES string of the molecule is C=C(/C=C\C(=C)OC(F)(F)F)NC. The van der Waals surface area contributed by atoms with E-state index in [0.717, 1.165) is 6.08 Å². The van der Waals surface area contributed by atoms with Gasteiger partial charge >= 0.3 is 6.36 Å². The highest BCUT2D eigenvalue weighted by atomic mass is 19.4. The van der Waals surface area contributed by atoms with E-state index in [9.17, 15) is 13.2 Å². The van der Waals surface area contributed by atoms with Crippen LogP contribution in [0.5, 0.6) is 0 Å². The molecule has 0 spiro atoms. The molecule has 0 aliphatic carbocycles. The minimum atomic E-state index is -4.69. The van der Waals surface area contributed by atoms with E-state index in [4.69, 9.17) is 0 Å². The third kappa shape index (κ3) is 6.99. The van der Waals surface area contributed by atoms with Gasteiger partial charge in [0.1, 0.15) is 5.76 Å². The van der Waals surface area contributed by atoms with Crippen LogP contribution in [0, 0.1) is 0 Å². The topological polar surface area (TPSA) is 21.3 Å². The Morgan fingerprint density at radius 3 is 2.23 bits per heavy atom. The lowest BCUT2D eigenvalue weighted by atomic mass is 10.4. The lowest BCUT2D eigenvalue weighted by Gasteiger charge is -2.07. The predicted octanol–water partition coefficient (Wildman–Crippen LogP) is 2.33. The van der Waals surface area contributed by atoms with Crippen LogP contribution in [0.25, 0.3) is 0 Å². The zero-order valence-electron chi connectivity index (χ0n) is 7.11. The Hall–Kier alpha value is -1.39. The molecule has 1 N–H and O–H groups in total. The normalized spacial score (nSPS) is 11.4. The van der Waals surface area contributed by atoms with Crippen LogP contribution in [-0.2, 0) is 4.74 Å². The van der Waals surface area contributed by atoms with Gasteiger partial charge in [0.2, 0.25) is 0 Å². The number of hydrogen-bond acceptors (Lipinski definition) is 2. The fraction of sp³-hybridized carbons (Fsp3) is 0.250. The van der Waals surface area contributed by atoms with Gasteiger partial charge in [0.25, 0.3) is 0 Å². The Morgan fingerprint density at radius 2 is 1.85 bits per heavy atom. The molecule has 0 aromatic carbocycles. The van der Waals surface area contributed by atoms with Gasteiger partial charge in [-0.1, -0.05) is 13.2 Å². The highest BCUT2D eigenvalue weighted by molar-refractivity contribution is 5.19. The summed E-state index contributed by atoms with van der Waals surface area (Å²) in [6, 6.07) is 0. The molecule has 2 nitrogen and oxygen atoms in total. The van der Waals surface area contributed by atoms with Crippen molar-refractivity contribution in [2.75, 3.05) is 7.05 Å². The van der Waals surface area contributed by atoms with Gasteiger partial charge in [-0.2, -0.15) is 0 Å². The standard InChI is InChI=1S/C8H10F3NO/c1-6(12-3)4-5-7(2)13-8(9,10)11/h4-5,12H,1-2H2,3H3/b5-4-. The molecule has 0 bridgehead atoms. The van der Waals surface area contributed by atoms with Gasteiger partial charge in [0.15, 0.2) is 0 Å². The van der Waals surface area contributed by atoms with Gasteiger partial charge < -0.3 is 10.1 Å². The second-order valence-electron chi connectivity index (χ2n) is 2.12. The van der Waals surface area contributed by atoms with Crippen molar-refractivity contribution in [1.82, 2.24) is 5.32 Å². The average molecular weight is 193 g/mol. The Labute approximate surface area is 74.4 Å². The molecule has 0 atom stereocenters. The third-order valence-corrected chi connectivity index (χ3v) is 1.04. The highest BCUT2D eigenvalue weighted by Crippen LogP contribution is 2.20. The Kier molecular flexibility index (Phi) is 4.10. The minimum Gasteiger partial charge on any atom is -0.406 e. The Bertz CT molecular complexity index is 230. The van der Waals surface area contributed by atoms with Gasteiger partial charge in [0.05, 0.1) is 0 Å². The van der Waals surface area contributed by atoms with Gasteiger partial charge in [0, 0.05) is 12.7 Å². The monoisotopic (exact) mass is 193 g/mol. The molecule has 0 heterocycles. The molecule has 0 radical (unpaired) electrons. The summed E-state index contributed by atoms with van der Waals surface area (Å²) in [4.78, 5) is 0. The van der Waals surface area contributed by atoms with E-state index in [2.05, 4.69) is 23.2 Å². The van der Waals surface area contributed by atoms with Crippen molar-refractivity contribution in [3.63, 3.8) is 0 Å². The zero-order chi connectivity index (χ0) is 10.5. The average Bonchev–Trinajstić information content (AvgIpc) is 1.97. The third-order valence-electron chi connectivity index (χ3n) is 1.04. The molecule has 0 aliphatic rings. The van der Waals surface area contributed by atoms with Crippen LogP contribution in [0.4, 0.5) is 13.2 Å². The van der Waals surface area contributed by atoms with E-state index in [-0.39, 0.29) is 0 Å². The van der Waals surface area contributed by atoms with E-state index in [1.165, 1.54) is 6.08 Å². The molecule has 0 unspecified atom stereocenters. The van der Waals surface area contributed by atoms with Crippen LogP contribution in [-0.4, -0.2) is 13.4 Å². The minimum absolute atomic E-state index is 0.465. The molecule has 0 aliphatic heterocycles. The first-order valence-electron chi connectivity index (χ1n) is 3.34. The maximum atomic E-state index is 11.6. The molecular formula is C8H10F3NO. The van der Waals surface area contributed by atoms with Crippen molar-refractivity contribution in [1.29, 1.82) is 0 Å². The molecule has 0 amide bonds. The van der Waals surface area contributed by atoms with Crippen LogP contribution in [0.2, 0.25) is 0 Å². The fourth-order valence-electron chi connectivity index (χ4n) is 0.460. The maximum Gasteiger partial charge on any atom is 0.573 e. The molecule has 74 valence electrons. The number of hydrogen-bond donors (Lipinski definition) is 1. The van der Waals surface area contributed by atoms with E-state index in [0.29, 0.717) is 5.70 Å². The second kappa shape index (κ2) is 4.59. The molecule has 0 aromatic rings. The number of likely N-dealkylation sites (N-methyl/N-ethyl adjacent to an activating group) is 1. The smallest absolute Gasteiger partial charge is 0.406 e. The van der Waals surface area contributed by atoms with E-state index >= 15 is 0 Å². The largest absolute Gasteiger partial charge is 0.573 e. The van der Waals surface area contributed by atoms with Crippen LogP contribution in [0.3, 0.4) is 0 Å². The molecule has 0 fully saturated rings. The van der Waals surface area contributed by atoms with Crippen molar-refractivity contribution in [2.24, 2.45) is 0 Å². The van der Waals surface area contributed by atoms with Crippen molar-refractivity contribution in [3.05, 3.63) is 36.8 Å². The molecule has 0 saturated heterocycles. The predicted molar refractivity (Wildman–Crippen MR) is 43.6 cm³/mol. The van der Waals surface area contributed by atoms with E-state index in [1.54, 1.807) is 7.05 Å². The van der Waals surface area contributed by atoms with Crippen LogP contribution in [0.15, 0.2) is 36.8 Å².